The lowest BCUT2D eigenvalue weighted by Gasteiger charge is -2.10. The molecule has 1 aromatic carbocycles. The number of amides is 1. The van der Waals surface area contributed by atoms with E-state index in [0.717, 1.165) is 12.0 Å². The van der Waals surface area contributed by atoms with Crippen LogP contribution in [0, 0.1) is 0 Å². The first-order chi connectivity index (χ1) is 9.71. The quantitative estimate of drug-likeness (QED) is 0.615. The summed E-state index contributed by atoms with van der Waals surface area (Å²) in [5.74, 6) is 1.31. The van der Waals surface area contributed by atoms with Gasteiger partial charge in [0.25, 0.3) is 0 Å². The van der Waals surface area contributed by atoms with Crippen molar-refractivity contribution in [1.29, 1.82) is 0 Å². The van der Waals surface area contributed by atoms with Gasteiger partial charge in [-0.1, -0.05) is 6.92 Å². The minimum Gasteiger partial charge on any atom is -0.493 e. The molecule has 0 saturated heterocycles. The summed E-state index contributed by atoms with van der Waals surface area (Å²) in [5.41, 5.74) is 3.03. The van der Waals surface area contributed by atoms with Gasteiger partial charge in [0, 0.05) is 0 Å². The molecular weight excluding hydrogens is 260 g/mol. The number of nitrogens with zero attached hydrogens (tertiary/aromatic N) is 1. The Bertz CT molecular complexity index is 460. The first-order valence-electron chi connectivity index (χ1n) is 6.47. The number of carbonyl (C=O) groups excluding carboxylic acids is 1. The topological polar surface area (TPSA) is 69.2 Å². The molecule has 1 rings (SSSR count). The van der Waals surface area contributed by atoms with Gasteiger partial charge in [-0.05, 0) is 37.1 Å². The van der Waals surface area contributed by atoms with Gasteiger partial charge < -0.3 is 14.2 Å². The maximum absolute atomic E-state index is 11.0. The fourth-order valence-electron chi connectivity index (χ4n) is 1.42. The van der Waals surface area contributed by atoms with Crippen LogP contribution in [0.25, 0.3) is 0 Å². The van der Waals surface area contributed by atoms with Crippen LogP contribution in [0.4, 0.5) is 4.79 Å². The zero-order chi connectivity index (χ0) is 14.8. The van der Waals surface area contributed by atoms with E-state index in [9.17, 15) is 4.79 Å². The fourth-order valence-corrected chi connectivity index (χ4v) is 1.42. The number of hydrogen-bond acceptors (Lipinski definition) is 5. The number of hydrazone groups is 1. The van der Waals surface area contributed by atoms with Crippen molar-refractivity contribution in [3.63, 3.8) is 0 Å². The molecule has 1 aromatic rings. The van der Waals surface area contributed by atoms with Gasteiger partial charge in [0.1, 0.15) is 0 Å². The van der Waals surface area contributed by atoms with E-state index in [1.54, 1.807) is 26.2 Å². The molecule has 0 spiro atoms. The Morgan fingerprint density at radius 3 is 2.80 bits per heavy atom. The second kappa shape index (κ2) is 8.79. The van der Waals surface area contributed by atoms with Crippen LogP contribution >= 0.6 is 0 Å². The van der Waals surface area contributed by atoms with E-state index in [1.807, 2.05) is 13.0 Å². The SMILES string of the molecule is CCCOc1ccc(/C=N/NC(=O)OCC)cc1OC. The van der Waals surface area contributed by atoms with Gasteiger partial charge in [-0.15, -0.1) is 0 Å². The standard InChI is InChI=1S/C14H20N2O4/c1-4-8-20-12-7-6-11(9-13(12)18-3)10-15-16-14(17)19-5-2/h6-7,9-10H,4-5,8H2,1-3H3,(H,16,17)/b15-10+. The molecular formula is C14H20N2O4. The summed E-state index contributed by atoms with van der Waals surface area (Å²) >= 11 is 0. The predicted octanol–water partition coefficient (Wildman–Crippen LogP) is 2.56. The van der Waals surface area contributed by atoms with Crippen molar-refractivity contribution < 1.29 is 19.0 Å². The van der Waals surface area contributed by atoms with E-state index in [4.69, 9.17) is 9.47 Å². The number of carbonyl (C=O) groups is 1. The number of ether oxygens (including phenoxy) is 3. The number of nitrogens with one attached hydrogen (secondary N) is 1. The summed E-state index contributed by atoms with van der Waals surface area (Å²) in [7, 11) is 1.58. The molecule has 110 valence electrons. The van der Waals surface area contributed by atoms with Crippen molar-refractivity contribution in [2.75, 3.05) is 20.3 Å². The van der Waals surface area contributed by atoms with Gasteiger partial charge in [-0.3, -0.25) is 0 Å². The van der Waals surface area contributed by atoms with Crippen LogP contribution < -0.4 is 14.9 Å². The summed E-state index contributed by atoms with van der Waals surface area (Å²) in [4.78, 5) is 11.0. The van der Waals surface area contributed by atoms with Crippen molar-refractivity contribution in [3.8, 4) is 11.5 Å². The number of methoxy groups -OCH3 is 1. The molecule has 20 heavy (non-hydrogen) atoms. The molecule has 0 fully saturated rings. The molecule has 0 heterocycles. The number of hydrogen-bond donors (Lipinski definition) is 1. The third-order valence-electron chi connectivity index (χ3n) is 2.29. The number of benzene rings is 1. The molecule has 0 aliphatic carbocycles. The Morgan fingerprint density at radius 1 is 1.35 bits per heavy atom. The highest BCUT2D eigenvalue weighted by Crippen LogP contribution is 2.27. The lowest BCUT2D eigenvalue weighted by atomic mass is 10.2. The molecule has 0 aromatic heterocycles. The summed E-state index contributed by atoms with van der Waals surface area (Å²) in [6, 6.07) is 5.41. The molecule has 0 atom stereocenters. The maximum Gasteiger partial charge on any atom is 0.427 e. The van der Waals surface area contributed by atoms with Gasteiger partial charge in [0.2, 0.25) is 0 Å². The fraction of sp³-hybridized carbons (Fsp3) is 0.429. The van der Waals surface area contributed by atoms with Crippen LogP contribution in [-0.2, 0) is 4.74 Å². The molecule has 0 radical (unpaired) electrons. The van der Waals surface area contributed by atoms with E-state index >= 15 is 0 Å². The van der Waals surface area contributed by atoms with Crippen molar-refractivity contribution in [2.24, 2.45) is 5.10 Å². The molecule has 0 aliphatic heterocycles. The van der Waals surface area contributed by atoms with Gasteiger partial charge >= 0.3 is 6.09 Å². The molecule has 6 nitrogen and oxygen atoms in total. The molecule has 0 unspecified atom stereocenters. The third-order valence-corrected chi connectivity index (χ3v) is 2.29. The van der Waals surface area contributed by atoms with Crippen LogP contribution in [0.5, 0.6) is 11.5 Å². The van der Waals surface area contributed by atoms with Crippen molar-refractivity contribution in [2.45, 2.75) is 20.3 Å². The van der Waals surface area contributed by atoms with E-state index in [0.29, 0.717) is 24.7 Å². The summed E-state index contributed by atoms with van der Waals surface area (Å²) in [6.45, 7) is 4.70. The number of rotatable bonds is 7. The Kier molecular flexibility index (Phi) is 6.95. The summed E-state index contributed by atoms with van der Waals surface area (Å²) in [6.07, 6.45) is 1.84. The Labute approximate surface area is 118 Å². The average Bonchev–Trinajstić information content (AvgIpc) is 2.46. The smallest absolute Gasteiger partial charge is 0.427 e. The van der Waals surface area contributed by atoms with Gasteiger partial charge in [-0.2, -0.15) is 5.10 Å². The van der Waals surface area contributed by atoms with E-state index in [1.165, 1.54) is 6.21 Å². The first kappa shape index (κ1) is 15.8. The van der Waals surface area contributed by atoms with Crippen LogP contribution in [0.15, 0.2) is 23.3 Å². The zero-order valence-corrected chi connectivity index (χ0v) is 12.0. The van der Waals surface area contributed by atoms with E-state index in [-0.39, 0.29) is 0 Å². The minimum atomic E-state index is -0.585. The highest BCUT2D eigenvalue weighted by molar-refractivity contribution is 5.82. The Hall–Kier alpha value is -2.24. The van der Waals surface area contributed by atoms with Crippen LogP contribution in [0.2, 0.25) is 0 Å². The molecule has 0 bridgehead atoms. The third kappa shape index (κ3) is 5.17. The lowest BCUT2D eigenvalue weighted by Crippen LogP contribution is -2.18. The zero-order valence-electron chi connectivity index (χ0n) is 12.0. The normalized spacial score (nSPS) is 10.3. The summed E-state index contributed by atoms with van der Waals surface area (Å²) in [5, 5.41) is 3.78. The maximum atomic E-state index is 11.0. The largest absolute Gasteiger partial charge is 0.493 e. The van der Waals surface area contributed by atoms with Gasteiger partial charge in [-0.25, -0.2) is 10.2 Å². The van der Waals surface area contributed by atoms with E-state index < -0.39 is 6.09 Å². The van der Waals surface area contributed by atoms with Crippen molar-refractivity contribution in [1.82, 2.24) is 5.43 Å². The van der Waals surface area contributed by atoms with Crippen LogP contribution in [0.3, 0.4) is 0 Å². The Balaban J connectivity index is 2.67. The summed E-state index contributed by atoms with van der Waals surface area (Å²) < 4.78 is 15.5. The molecule has 6 heteroatoms. The van der Waals surface area contributed by atoms with Crippen molar-refractivity contribution in [3.05, 3.63) is 23.8 Å². The van der Waals surface area contributed by atoms with Crippen molar-refractivity contribution >= 4 is 12.3 Å². The molecule has 1 N–H and O–H groups in total. The van der Waals surface area contributed by atoms with Crippen LogP contribution in [0.1, 0.15) is 25.8 Å². The van der Waals surface area contributed by atoms with E-state index in [2.05, 4.69) is 15.3 Å². The second-order valence-corrected chi connectivity index (χ2v) is 3.85. The predicted molar refractivity (Wildman–Crippen MR) is 76.5 cm³/mol. The van der Waals surface area contributed by atoms with Gasteiger partial charge in [0.05, 0.1) is 26.5 Å². The van der Waals surface area contributed by atoms with Gasteiger partial charge in [0.15, 0.2) is 11.5 Å². The second-order valence-electron chi connectivity index (χ2n) is 3.85. The lowest BCUT2D eigenvalue weighted by molar-refractivity contribution is 0.152. The monoisotopic (exact) mass is 280 g/mol. The molecule has 1 amide bonds. The average molecular weight is 280 g/mol. The highest BCUT2D eigenvalue weighted by atomic mass is 16.5. The Morgan fingerprint density at radius 2 is 2.15 bits per heavy atom. The highest BCUT2D eigenvalue weighted by Gasteiger charge is 2.04. The first-order valence-corrected chi connectivity index (χ1v) is 6.47. The molecule has 0 saturated carbocycles. The minimum absolute atomic E-state index is 0.304. The molecule has 0 aliphatic rings. The van der Waals surface area contributed by atoms with Crippen LogP contribution in [-0.4, -0.2) is 32.6 Å².